The molecular formula is C23H23ClN4O2S. The minimum absolute atomic E-state index is 0.0879. The van der Waals surface area contributed by atoms with E-state index in [2.05, 4.69) is 21.8 Å². The Labute approximate surface area is 191 Å². The van der Waals surface area contributed by atoms with Gasteiger partial charge in [0, 0.05) is 41.7 Å². The first kappa shape index (κ1) is 21.5. The first-order valence-electron chi connectivity index (χ1n) is 10.1. The van der Waals surface area contributed by atoms with Gasteiger partial charge in [0.1, 0.15) is 17.9 Å². The summed E-state index contributed by atoms with van der Waals surface area (Å²) in [6, 6.07) is 19.1. The van der Waals surface area contributed by atoms with E-state index in [0.717, 1.165) is 10.7 Å². The van der Waals surface area contributed by atoms with Crippen LogP contribution in [0.2, 0.25) is 5.02 Å². The molecule has 2 aromatic carbocycles. The van der Waals surface area contributed by atoms with E-state index in [9.17, 15) is 4.79 Å². The lowest BCUT2D eigenvalue weighted by Gasteiger charge is -2.40. The molecule has 4 rings (SSSR count). The molecule has 2 heterocycles. The number of carbonyl (C=O) groups is 1. The molecule has 1 amide bonds. The van der Waals surface area contributed by atoms with Gasteiger partial charge in [-0.3, -0.25) is 4.79 Å². The molecule has 3 aromatic rings. The Bertz CT molecular complexity index is 1040. The first-order chi connectivity index (χ1) is 15.1. The van der Waals surface area contributed by atoms with Crippen LogP contribution in [0.15, 0.2) is 71.9 Å². The molecule has 1 atom stereocenters. The molecular weight excluding hydrogens is 432 g/mol. The van der Waals surface area contributed by atoms with Crippen molar-refractivity contribution in [3.8, 4) is 11.6 Å². The maximum absolute atomic E-state index is 12.7. The SMILES string of the molecule is CC1CN(c2cc(Oc3cccc(Cl)c3)ncn2)CCN1C(=O)CSc1ccccc1. The standard InChI is InChI=1S/C23H23ClN4O2S/c1-17-14-27(10-11-28(17)23(29)15-31-20-8-3-2-4-9-20)21-13-22(26-16-25-21)30-19-7-5-6-18(24)12-19/h2-9,12-13,16-17H,10-11,14-15H2,1H3. The van der Waals surface area contributed by atoms with Gasteiger partial charge in [-0.05, 0) is 37.3 Å². The van der Waals surface area contributed by atoms with Crippen LogP contribution in [0.4, 0.5) is 5.82 Å². The second-order valence-electron chi connectivity index (χ2n) is 7.26. The van der Waals surface area contributed by atoms with E-state index in [0.29, 0.717) is 42.0 Å². The summed E-state index contributed by atoms with van der Waals surface area (Å²) in [6.07, 6.45) is 1.49. The topological polar surface area (TPSA) is 58.6 Å². The molecule has 31 heavy (non-hydrogen) atoms. The van der Waals surface area contributed by atoms with E-state index in [1.165, 1.54) is 6.33 Å². The molecule has 6 nitrogen and oxygen atoms in total. The fourth-order valence-corrected chi connectivity index (χ4v) is 4.48. The molecule has 0 radical (unpaired) electrons. The zero-order valence-corrected chi connectivity index (χ0v) is 18.7. The molecule has 160 valence electrons. The number of amides is 1. The molecule has 8 heteroatoms. The van der Waals surface area contributed by atoms with E-state index in [1.807, 2.05) is 53.4 Å². The Morgan fingerprint density at radius 2 is 1.97 bits per heavy atom. The summed E-state index contributed by atoms with van der Waals surface area (Å²) in [5, 5.41) is 0.604. The quantitative estimate of drug-likeness (QED) is 0.501. The molecule has 1 aromatic heterocycles. The van der Waals surface area contributed by atoms with Gasteiger partial charge in [0.05, 0.1) is 5.75 Å². The van der Waals surface area contributed by atoms with Gasteiger partial charge in [0.15, 0.2) is 0 Å². The lowest BCUT2D eigenvalue weighted by Crippen LogP contribution is -2.54. The first-order valence-corrected chi connectivity index (χ1v) is 11.4. The minimum Gasteiger partial charge on any atom is -0.439 e. The number of nitrogens with zero attached hydrogens (tertiary/aromatic N) is 4. The van der Waals surface area contributed by atoms with E-state index >= 15 is 0 Å². The number of anilines is 1. The summed E-state index contributed by atoms with van der Waals surface area (Å²) in [5.41, 5.74) is 0. The van der Waals surface area contributed by atoms with Crippen LogP contribution in [0.1, 0.15) is 6.92 Å². The van der Waals surface area contributed by atoms with Crippen molar-refractivity contribution in [1.82, 2.24) is 14.9 Å². The average Bonchev–Trinajstić information content (AvgIpc) is 2.78. The van der Waals surface area contributed by atoms with Crippen LogP contribution in [0.5, 0.6) is 11.6 Å². The van der Waals surface area contributed by atoms with Gasteiger partial charge in [0.2, 0.25) is 11.8 Å². The Morgan fingerprint density at radius 1 is 1.13 bits per heavy atom. The van der Waals surface area contributed by atoms with Crippen molar-refractivity contribution in [1.29, 1.82) is 0 Å². The lowest BCUT2D eigenvalue weighted by atomic mass is 10.2. The molecule has 0 spiro atoms. The fourth-order valence-electron chi connectivity index (χ4n) is 3.49. The zero-order valence-electron chi connectivity index (χ0n) is 17.1. The van der Waals surface area contributed by atoms with Crippen LogP contribution < -0.4 is 9.64 Å². The number of hydrogen-bond donors (Lipinski definition) is 0. The van der Waals surface area contributed by atoms with E-state index in [1.54, 1.807) is 23.9 Å². The maximum Gasteiger partial charge on any atom is 0.233 e. The smallest absolute Gasteiger partial charge is 0.233 e. The van der Waals surface area contributed by atoms with Gasteiger partial charge in [-0.15, -0.1) is 11.8 Å². The second kappa shape index (κ2) is 10.0. The summed E-state index contributed by atoms with van der Waals surface area (Å²) >= 11 is 7.60. The maximum atomic E-state index is 12.7. The fraction of sp³-hybridized carbons (Fsp3) is 0.261. The molecule has 1 aliphatic heterocycles. The second-order valence-corrected chi connectivity index (χ2v) is 8.74. The summed E-state index contributed by atoms with van der Waals surface area (Å²) in [6.45, 7) is 4.14. The highest BCUT2D eigenvalue weighted by molar-refractivity contribution is 8.00. The van der Waals surface area contributed by atoms with Gasteiger partial charge in [0.25, 0.3) is 0 Å². The van der Waals surface area contributed by atoms with Crippen LogP contribution in [0, 0.1) is 0 Å². The summed E-state index contributed by atoms with van der Waals surface area (Å²) in [5.74, 6) is 2.47. The Balaban J connectivity index is 1.35. The van der Waals surface area contributed by atoms with Crippen LogP contribution in [0.25, 0.3) is 0 Å². The van der Waals surface area contributed by atoms with Crippen LogP contribution in [-0.2, 0) is 4.79 Å². The number of benzene rings is 2. The Kier molecular flexibility index (Phi) is 6.94. The monoisotopic (exact) mass is 454 g/mol. The van der Waals surface area contributed by atoms with Crippen molar-refractivity contribution in [2.45, 2.75) is 17.9 Å². The van der Waals surface area contributed by atoms with Gasteiger partial charge < -0.3 is 14.5 Å². The largest absolute Gasteiger partial charge is 0.439 e. The highest BCUT2D eigenvalue weighted by Crippen LogP contribution is 2.26. The third-order valence-electron chi connectivity index (χ3n) is 5.02. The van der Waals surface area contributed by atoms with Crippen molar-refractivity contribution >= 4 is 35.1 Å². The number of thioether (sulfide) groups is 1. The van der Waals surface area contributed by atoms with Crippen molar-refractivity contribution in [3.05, 3.63) is 72.0 Å². The van der Waals surface area contributed by atoms with E-state index in [4.69, 9.17) is 16.3 Å². The van der Waals surface area contributed by atoms with Crippen molar-refractivity contribution in [3.63, 3.8) is 0 Å². The molecule has 1 unspecified atom stereocenters. The molecule has 0 aliphatic carbocycles. The van der Waals surface area contributed by atoms with Gasteiger partial charge in [-0.25, -0.2) is 9.97 Å². The van der Waals surface area contributed by atoms with Crippen molar-refractivity contribution in [2.75, 3.05) is 30.3 Å². The number of rotatable bonds is 6. The molecule has 1 saturated heterocycles. The van der Waals surface area contributed by atoms with Crippen LogP contribution in [0.3, 0.4) is 0 Å². The number of halogens is 1. The molecule has 0 bridgehead atoms. The number of carbonyl (C=O) groups excluding carboxylic acids is 1. The highest BCUT2D eigenvalue weighted by Gasteiger charge is 2.28. The zero-order chi connectivity index (χ0) is 21.6. The van der Waals surface area contributed by atoms with E-state index < -0.39 is 0 Å². The summed E-state index contributed by atoms with van der Waals surface area (Å²) < 4.78 is 5.82. The highest BCUT2D eigenvalue weighted by atomic mass is 35.5. The van der Waals surface area contributed by atoms with Crippen LogP contribution in [-0.4, -0.2) is 52.2 Å². The Morgan fingerprint density at radius 3 is 2.74 bits per heavy atom. The molecule has 0 saturated carbocycles. The van der Waals surface area contributed by atoms with Gasteiger partial charge in [-0.2, -0.15) is 0 Å². The molecule has 1 fully saturated rings. The normalized spacial score (nSPS) is 16.3. The van der Waals surface area contributed by atoms with Crippen molar-refractivity contribution < 1.29 is 9.53 Å². The number of aromatic nitrogens is 2. The van der Waals surface area contributed by atoms with Gasteiger partial charge in [-0.1, -0.05) is 35.9 Å². The molecule has 0 N–H and O–H groups in total. The number of hydrogen-bond acceptors (Lipinski definition) is 6. The van der Waals surface area contributed by atoms with Gasteiger partial charge >= 0.3 is 0 Å². The third-order valence-corrected chi connectivity index (χ3v) is 6.26. The lowest BCUT2D eigenvalue weighted by molar-refractivity contribution is -0.130. The number of piperazine rings is 1. The number of ether oxygens (including phenoxy) is 1. The van der Waals surface area contributed by atoms with Crippen molar-refractivity contribution in [2.24, 2.45) is 0 Å². The van der Waals surface area contributed by atoms with Crippen LogP contribution >= 0.6 is 23.4 Å². The summed E-state index contributed by atoms with van der Waals surface area (Å²) in [4.78, 5) is 26.6. The summed E-state index contributed by atoms with van der Waals surface area (Å²) in [7, 11) is 0. The average molecular weight is 455 g/mol. The Hall–Kier alpha value is -2.77. The third kappa shape index (κ3) is 5.68. The minimum atomic E-state index is 0.0879. The van der Waals surface area contributed by atoms with E-state index in [-0.39, 0.29) is 11.9 Å². The predicted octanol–water partition coefficient (Wildman–Crippen LogP) is 4.75. The molecule has 1 aliphatic rings. The predicted molar refractivity (Wildman–Crippen MR) is 124 cm³/mol.